The van der Waals surface area contributed by atoms with Gasteiger partial charge in [0.15, 0.2) is 0 Å². The molecule has 2 amide bonds. The summed E-state index contributed by atoms with van der Waals surface area (Å²) < 4.78 is 0. The first-order valence-electron chi connectivity index (χ1n) is 7.30. The molecule has 1 aromatic rings. The lowest BCUT2D eigenvalue weighted by Crippen LogP contribution is -2.33. The third kappa shape index (κ3) is 4.71. The van der Waals surface area contributed by atoms with Crippen LogP contribution in [0.1, 0.15) is 31.1 Å². The normalized spacial score (nSPS) is 12.1. The van der Waals surface area contributed by atoms with Gasteiger partial charge in [-0.3, -0.25) is 9.59 Å². The quantitative estimate of drug-likeness (QED) is 0.845. The van der Waals surface area contributed by atoms with Crippen LogP contribution in [0.15, 0.2) is 18.2 Å². The average Bonchev–Trinajstić information content (AvgIpc) is 2.47. The molecule has 0 radical (unpaired) electrons. The van der Waals surface area contributed by atoms with Gasteiger partial charge in [0.1, 0.15) is 0 Å². The fourth-order valence-corrected chi connectivity index (χ4v) is 2.01. The van der Waals surface area contributed by atoms with Crippen molar-refractivity contribution in [1.82, 2.24) is 10.2 Å². The van der Waals surface area contributed by atoms with Crippen LogP contribution in [-0.2, 0) is 4.79 Å². The van der Waals surface area contributed by atoms with Crippen LogP contribution in [-0.4, -0.2) is 43.4 Å². The van der Waals surface area contributed by atoms with E-state index in [2.05, 4.69) is 10.6 Å². The number of halogens is 1. The van der Waals surface area contributed by atoms with Crippen molar-refractivity contribution in [2.24, 2.45) is 5.92 Å². The van der Waals surface area contributed by atoms with Crippen molar-refractivity contribution in [3.63, 3.8) is 0 Å². The minimum Gasteiger partial charge on any atom is -0.339 e. The van der Waals surface area contributed by atoms with E-state index in [0.29, 0.717) is 22.8 Å². The van der Waals surface area contributed by atoms with Crippen LogP contribution in [0.4, 0.5) is 5.69 Å². The largest absolute Gasteiger partial charge is 0.339 e. The lowest BCUT2D eigenvalue weighted by atomic mass is 10.1. The zero-order chi connectivity index (χ0) is 16.9. The second kappa shape index (κ2) is 8.15. The third-order valence-corrected chi connectivity index (χ3v) is 3.85. The maximum atomic E-state index is 12.3. The number of carbonyl (C=O) groups is 2. The van der Waals surface area contributed by atoms with Gasteiger partial charge in [0.25, 0.3) is 5.91 Å². The standard InChI is InChI=1S/C16H24ClN3O2/c1-10(2)20(5)16(22)12-6-7-13(17)14(8-12)19-15(21)11(3)9-18-4/h6-8,10-11,18H,9H2,1-5H3,(H,19,21). The molecule has 2 N–H and O–H groups in total. The topological polar surface area (TPSA) is 61.4 Å². The molecular weight excluding hydrogens is 302 g/mol. The summed E-state index contributed by atoms with van der Waals surface area (Å²) in [5, 5.41) is 6.14. The number of carbonyl (C=O) groups excluding carboxylic acids is 2. The highest BCUT2D eigenvalue weighted by molar-refractivity contribution is 6.33. The molecule has 0 aliphatic heterocycles. The van der Waals surface area contributed by atoms with Gasteiger partial charge in [-0.15, -0.1) is 0 Å². The summed E-state index contributed by atoms with van der Waals surface area (Å²) in [5.74, 6) is -0.442. The monoisotopic (exact) mass is 325 g/mol. The molecule has 1 rings (SSSR count). The van der Waals surface area contributed by atoms with Gasteiger partial charge in [0.2, 0.25) is 5.91 Å². The SMILES string of the molecule is CNCC(C)C(=O)Nc1cc(C(=O)N(C)C(C)C)ccc1Cl. The summed E-state index contributed by atoms with van der Waals surface area (Å²) in [6.45, 7) is 6.27. The van der Waals surface area contributed by atoms with Crippen LogP contribution in [0.3, 0.4) is 0 Å². The van der Waals surface area contributed by atoms with Crippen LogP contribution < -0.4 is 10.6 Å². The summed E-state index contributed by atoms with van der Waals surface area (Å²) >= 11 is 6.11. The number of amides is 2. The summed E-state index contributed by atoms with van der Waals surface area (Å²) in [5.41, 5.74) is 0.954. The van der Waals surface area contributed by atoms with Crippen LogP contribution >= 0.6 is 11.6 Å². The molecule has 122 valence electrons. The van der Waals surface area contributed by atoms with Crippen LogP contribution in [0.25, 0.3) is 0 Å². The fourth-order valence-electron chi connectivity index (χ4n) is 1.85. The van der Waals surface area contributed by atoms with Crippen molar-refractivity contribution < 1.29 is 9.59 Å². The second-order valence-electron chi connectivity index (χ2n) is 5.65. The van der Waals surface area contributed by atoms with Crippen molar-refractivity contribution in [2.75, 3.05) is 26.0 Å². The molecular formula is C16H24ClN3O2. The van der Waals surface area contributed by atoms with E-state index in [9.17, 15) is 9.59 Å². The molecule has 1 atom stereocenters. The highest BCUT2D eigenvalue weighted by Gasteiger charge is 2.18. The highest BCUT2D eigenvalue weighted by atomic mass is 35.5. The number of hydrogen-bond acceptors (Lipinski definition) is 3. The van der Waals surface area contributed by atoms with Gasteiger partial charge in [-0.2, -0.15) is 0 Å². The van der Waals surface area contributed by atoms with Crippen molar-refractivity contribution in [2.45, 2.75) is 26.8 Å². The van der Waals surface area contributed by atoms with E-state index in [-0.39, 0.29) is 23.8 Å². The summed E-state index contributed by atoms with van der Waals surface area (Å²) in [4.78, 5) is 26.0. The number of hydrogen-bond donors (Lipinski definition) is 2. The smallest absolute Gasteiger partial charge is 0.253 e. The molecule has 0 saturated carbocycles. The van der Waals surface area contributed by atoms with Crippen molar-refractivity contribution in [1.29, 1.82) is 0 Å². The van der Waals surface area contributed by atoms with Crippen LogP contribution in [0.5, 0.6) is 0 Å². The summed E-state index contributed by atoms with van der Waals surface area (Å²) in [6, 6.07) is 5.00. The van der Waals surface area contributed by atoms with Crippen LogP contribution in [0.2, 0.25) is 5.02 Å². The molecule has 22 heavy (non-hydrogen) atoms. The number of benzene rings is 1. The second-order valence-corrected chi connectivity index (χ2v) is 6.06. The Morgan fingerprint density at radius 2 is 1.91 bits per heavy atom. The van der Waals surface area contributed by atoms with Crippen molar-refractivity contribution >= 4 is 29.1 Å². The van der Waals surface area contributed by atoms with Crippen molar-refractivity contribution in [3.05, 3.63) is 28.8 Å². The molecule has 0 aromatic heterocycles. The molecule has 1 aromatic carbocycles. The Kier molecular flexibility index (Phi) is 6.84. The Morgan fingerprint density at radius 3 is 2.45 bits per heavy atom. The third-order valence-electron chi connectivity index (χ3n) is 3.52. The van der Waals surface area contributed by atoms with Crippen LogP contribution in [0, 0.1) is 5.92 Å². The lowest BCUT2D eigenvalue weighted by molar-refractivity contribution is -0.119. The van der Waals surface area contributed by atoms with Gasteiger partial charge in [-0.1, -0.05) is 18.5 Å². The average molecular weight is 326 g/mol. The van der Waals surface area contributed by atoms with E-state index in [4.69, 9.17) is 11.6 Å². The molecule has 0 heterocycles. The molecule has 0 aliphatic carbocycles. The number of rotatable bonds is 6. The zero-order valence-electron chi connectivity index (χ0n) is 13.7. The molecule has 1 unspecified atom stereocenters. The first-order valence-corrected chi connectivity index (χ1v) is 7.67. The highest BCUT2D eigenvalue weighted by Crippen LogP contribution is 2.24. The first-order chi connectivity index (χ1) is 10.3. The van der Waals surface area contributed by atoms with Crippen molar-refractivity contribution in [3.8, 4) is 0 Å². The summed E-state index contributed by atoms with van der Waals surface area (Å²) in [6.07, 6.45) is 0. The molecule has 0 spiro atoms. The maximum Gasteiger partial charge on any atom is 0.253 e. The Morgan fingerprint density at radius 1 is 1.27 bits per heavy atom. The van der Waals surface area contributed by atoms with Gasteiger partial charge in [-0.25, -0.2) is 0 Å². The molecule has 0 fully saturated rings. The van der Waals surface area contributed by atoms with E-state index in [0.717, 1.165) is 0 Å². The molecule has 0 bridgehead atoms. The fraction of sp³-hybridized carbons (Fsp3) is 0.500. The maximum absolute atomic E-state index is 12.3. The number of nitrogens with one attached hydrogen (secondary N) is 2. The van der Waals surface area contributed by atoms with E-state index in [1.54, 1.807) is 37.2 Å². The van der Waals surface area contributed by atoms with E-state index in [1.807, 2.05) is 20.8 Å². The Bertz CT molecular complexity index is 546. The Hall–Kier alpha value is -1.59. The molecule has 0 saturated heterocycles. The van der Waals surface area contributed by atoms with Gasteiger partial charge in [0, 0.05) is 31.1 Å². The van der Waals surface area contributed by atoms with E-state index < -0.39 is 0 Å². The molecule has 0 aliphatic rings. The number of anilines is 1. The van der Waals surface area contributed by atoms with Gasteiger partial charge >= 0.3 is 0 Å². The summed E-state index contributed by atoms with van der Waals surface area (Å²) in [7, 11) is 3.53. The molecule has 5 nitrogen and oxygen atoms in total. The Balaban J connectivity index is 2.95. The molecule has 6 heteroatoms. The predicted octanol–water partition coefficient (Wildman–Crippen LogP) is 2.61. The minimum absolute atomic E-state index is 0.0943. The van der Waals surface area contributed by atoms with E-state index in [1.165, 1.54) is 0 Å². The Labute approximate surface area is 137 Å². The van der Waals surface area contributed by atoms with Gasteiger partial charge in [0.05, 0.1) is 10.7 Å². The van der Waals surface area contributed by atoms with Gasteiger partial charge in [-0.05, 0) is 39.1 Å². The van der Waals surface area contributed by atoms with Gasteiger partial charge < -0.3 is 15.5 Å². The van der Waals surface area contributed by atoms with E-state index >= 15 is 0 Å². The lowest BCUT2D eigenvalue weighted by Gasteiger charge is -2.22. The zero-order valence-corrected chi connectivity index (χ0v) is 14.5. The predicted molar refractivity (Wildman–Crippen MR) is 90.4 cm³/mol. The number of nitrogens with zero attached hydrogens (tertiary/aromatic N) is 1. The minimum atomic E-state index is -0.196. The first kappa shape index (κ1) is 18.5.